The molecule has 0 fully saturated rings. The lowest BCUT2D eigenvalue weighted by Gasteiger charge is -2.06. The van der Waals surface area contributed by atoms with E-state index in [-0.39, 0.29) is 5.78 Å². The first kappa shape index (κ1) is 12.4. The average molecular weight is 239 g/mol. The molecule has 18 heavy (non-hydrogen) atoms. The number of ketones is 1. The van der Waals surface area contributed by atoms with Crippen LogP contribution in [0.2, 0.25) is 0 Å². The summed E-state index contributed by atoms with van der Waals surface area (Å²) in [4.78, 5) is 12.3. The summed E-state index contributed by atoms with van der Waals surface area (Å²) in [5, 5.41) is 0. The van der Waals surface area contributed by atoms with Crippen LogP contribution < -0.4 is 5.73 Å². The van der Waals surface area contributed by atoms with Crippen LogP contribution in [0.3, 0.4) is 0 Å². The predicted molar refractivity (Wildman–Crippen MR) is 74.9 cm³/mol. The lowest BCUT2D eigenvalue weighted by atomic mass is 9.98. The standard InChI is InChI=1S/C16H17NO/c1-10-4-6-13(8-12(10)3)16(18)14-7-5-11(2)15(17)9-14/h4-9H,17H2,1-3H3. The molecule has 0 saturated carbocycles. The van der Waals surface area contributed by atoms with Crippen LogP contribution in [0.1, 0.15) is 32.6 Å². The summed E-state index contributed by atoms with van der Waals surface area (Å²) in [6.45, 7) is 5.97. The first-order valence-electron chi connectivity index (χ1n) is 5.97. The molecule has 2 aromatic rings. The van der Waals surface area contributed by atoms with Crippen LogP contribution >= 0.6 is 0 Å². The molecule has 0 saturated heterocycles. The molecule has 2 N–H and O–H groups in total. The molecule has 2 nitrogen and oxygen atoms in total. The Kier molecular flexibility index (Phi) is 3.19. The average Bonchev–Trinajstić information content (AvgIpc) is 2.35. The van der Waals surface area contributed by atoms with Gasteiger partial charge in [-0.15, -0.1) is 0 Å². The second kappa shape index (κ2) is 4.65. The van der Waals surface area contributed by atoms with E-state index < -0.39 is 0 Å². The van der Waals surface area contributed by atoms with E-state index in [0.29, 0.717) is 16.8 Å². The van der Waals surface area contributed by atoms with E-state index >= 15 is 0 Å². The molecule has 2 aromatic carbocycles. The molecule has 0 atom stereocenters. The van der Waals surface area contributed by atoms with Gasteiger partial charge in [0, 0.05) is 16.8 Å². The second-order valence-corrected chi connectivity index (χ2v) is 4.70. The Morgan fingerprint density at radius 2 is 1.39 bits per heavy atom. The van der Waals surface area contributed by atoms with E-state index in [1.54, 1.807) is 6.07 Å². The minimum atomic E-state index is 0.0183. The minimum Gasteiger partial charge on any atom is -0.398 e. The fraction of sp³-hybridized carbons (Fsp3) is 0.188. The molecule has 2 rings (SSSR count). The van der Waals surface area contributed by atoms with Gasteiger partial charge in [0.2, 0.25) is 0 Å². The van der Waals surface area contributed by atoms with Gasteiger partial charge in [0.15, 0.2) is 5.78 Å². The van der Waals surface area contributed by atoms with Crippen LogP contribution in [-0.2, 0) is 0 Å². The maximum atomic E-state index is 12.3. The number of carbonyl (C=O) groups is 1. The van der Waals surface area contributed by atoms with Gasteiger partial charge in [-0.1, -0.05) is 24.3 Å². The lowest BCUT2D eigenvalue weighted by molar-refractivity contribution is 0.103. The molecule has 0 radical (unpaired) electrons. The number of hydrogen-bond acceptors (Lipinski definition) is 2. The van der Waals surface area contributed by atoms with Gasteiger partial charge in [0.1, 0.15) is 0 Å². The van der Waals surface area contributed by atoms with Crippen molar-refractivity contribution in [2.24, 2.45) is 0 Å². The topological polar surface area (TPSA) is 43.1 Å². The van der Waals surface area contributed by atoms with Gasteiger partial charge in [-0.3, -0.25) is 4.79 Å². The summed E-state index contributed by atoms with van der Waals surface area (Å²) in [5.41, 5.74) is 11.2. The van der Waals surface area contributed by atoms with Gasteiger partial charge in [-0.25, -0.2) is 0 Å². The van der Waals surface area contributed by atoms with Crippen molar-refractivity contribution in [3.63, 3.8) is 0 Å². The van der Waals surface area contributed by atoms with Crippen molar-refractivity contribution >= 4 is 11.5 Å². The molecule has 0 aromatic heterocycles. The molecule has 0 amide bonds. The van der Waals surface area contributed by atoms with Crippen LogP contribution in [-0.4, -0.2) is 5.78 Å². The largest absolute Gasteiger partial charge is 0.398 e. The quantitative estimate of drug-likeness (QED) is 0.644. The van der Waals surface area contributed by atoms with E-state index in [1.807, 2.05) is 51.1 Å². The van der Waals surface area contributed by atoms with E-state index in [2.05, 4.69) is 0 Å². The van der Waals surface area contributed by atoms with Crippen LogP contribution in [0.4, 0.5) is 5.69 Å². The Labute approximate surface area is 107 Å². The smallest absolute Gasteiger partial charge is 0.193 e. The van der Waals surface area contributed by atoms with E-state index in [9.17, 15) is 4.79 Å². The van der Waals surface area contributed by atoms with Crippen LogP contribution in [0.5, 0.6) is 0 Å². The van der Waals surface area contributed by atoms with E-state index in [0.717, 1.165) is 11.1 Å². The fourth-order valence-electron chi connectivity index (χ4n) is 1.83. The number of nitrogen functional groups attached to an aromatic ring is 1. The highest BCUT2D eigenvalue weighted by Crippen LogP contribution is 2.18. The number of hydrogen-bond donors (Lipinski definition) is 1. The third-order valence-electron chi connectivity index (χ3n) is 3.31. The summed E-state index contributed by atoms with van der Waals surface area (Å²) < 4.78 is 0. The predicted octanol–water partition coefficient (Wildman–Crippen LogP) is 3.43. The van der Waals surface area contributed by atoms with Crippen molar-refractivity contribution in [2.45, 2.75) is 20.8 Å². The fourth-order valence-corrected chi connectivity index (χ4v) is 1.83. The third kappa shape index (κ3) is 2.28. The lowest BCUT2D eigenvalue weighted by Crippen LogP contribution is -2.03. The maximum Gasteiger partial charge on any atom is 0.193 e. The Bertz CT molecular complexity index is 561. The number of anilines is 1. The third-order valence-corrected chi connectivity index (χ3v) is 3.31. The summed E-state index contributed by atoms with van der Waals surface area (Å²) in [7, 11) is 0. The van der Waals surface area contributed by atoms with Crippen LogP contribution in [0.15, 0.2) is 36.4 Å². The van der Waals surface area contributed by atoms with Crippen LogP contribution in [0, 0.1) is 20.8 Å². The van der Waals surface area contributed by atoms with Crippen molar-refractivity contribution < 1.29 is 4.79 Å². The van der Waals surface area contributed by atoms with Crippen molar-refractivity contribution in [2.75, 3.05) is 5.73 Å². The molecule has 2 heteroatoms. The van der Waals surface area contributed by atoms with Gasteiger partial charge in [0.25, 0.3) is 0 Å². The Hall–Kier alpha value is -2.09. The maximum absolute atomic E-state index is 12.3. The number of aryl methyl sites for hydroxylation is 3. The van der Waals surface area contributed by atoms with Crippen molar-refractivity contribution in [3.05, 3.63) is 64.2 Å². The van der Waals surface area contributed by atoms with Crippen molar-refractivity contribution in [3.8, 4) is 0 Å². The molecular formula is C16H17NO. The summed E-state index contributed by atoms with van der Waals surface area (Å²) >= 11 is 0. The highest BCUT2D eigenvalue weighted by atomic mass is 16.1. The zero-order valence-corrected chi connectivity index (χ0v) is 10.9. The van der Waals surface area contributed by atoms with Gasteiger partial charge in [-0.05, 0) is 49.6 Å². The molecule has 0 heterocycles. The molecular weight excluding hydrogens is 222 g/mol. The van der Waals surface area contributed by atoms with E-state index in [4.69, 9.17) is 5.73 Å². The highest BCUT2D eigenvalue weighted by molar-refractivity contribution is 6.09. The van der Waals surface area contributed by atoms with Crippen molar-refractivity contribution in [1.29, 1.82) is 0 Å². The van der Waals surface area contributed by atoms with Gasteiger partial charge < -0.3 is 5.73 Å². The normalized spacial score (nSPS) is 10.4. The summed E-state index contributed by atoms with van der Waals surface area (Å²) in [6.07, 6.45) is 0. The molecule has 0 aliphatic heterocycles. The van der Waals surface area contributed by atoms with Crippen molar-refractivity contribution in [1.82, 2.24) is 0 Å². The number of rotatable bonds is 2. The molecule has 0 unspecified atom stereocenters. The number of nitrogens with two attached hydrogens (primary N) is 1. The Morgan fingerprint density at radius 3 is 1.94 bits per heavy atom. The SMILES string of the molecule is Cc1ccc(C(=O)c2ccc(C)c(N)c2)cc1C. The van der Waals surface area contributed by atoms with Gasteiger partial charge >= 0.3 is 0 Å². The zero-order chi connectivity index (χ0) is 13.3. The number of benzene rings is 2. The monoisotopic (exact) mass is 239 g/mol. The first-order valence-corrected chi connectivity index (χ1v) is 5.97. The zero-order valence-electron chi connectivity index (χ0n) is 10.9. The molecule has 0 bridgehead atoms. The molecule has 0 aliphatic carbocycles. The molecule has 0 aliphatic rings. The molecule has 92 valence electrons. The van der Waals surface area contributed by atoms with Gasteiger partial charge in [0.05, 0.1) is 0 Å². The Balaban J connectivity index is 2.41. The van der Waals surface area contributed by atoms with E-state index in [1.165, 1.54) is 5.56 Å². The minimum absolute atomic E-state index is 0.0183. The second-order valence-electron chi connectivity index (χ2n) is 4.70. The first-order chi connectivity index (χ1) is 8.49. The molecule has 0 spiro atoms. The summed E-state index contributed by atoms with van der Waals surface area (Å²) in [5.74, 6) is 0.0183. The summed E-state index contributed by atoms with van der Waals surface area (Å²) in [6, 6.07) is 11.2. The Morgan fingerprint density at radius 1 is 0.833 bits per heavy atom. The van der Waals surface area contributed by atoms with Gasteiger partial charge in [-0.2, -0.15) is 0 Å². The number of carbonyl (C=O) groups excluding carboxylic acids is 1. The highest BCUT2D eigenvalue weighted by Gasteiger charge is 2.10. The van der Waals surface area contributed by atoms with Crippen LogP contribution in [0.25, 0.3) is 0 Å².